The molecule has 4 rings (SSSR count). The first-order valence-electron chi connectivity index (χ1n) is 8.85. The van der Waals surface area contributed by atoms with Crippen LogP contribution < -0.4 is 5.32 Å². The average molecular weight is 379 g/mol. The van der Waals surface area contributed by atoms with E-state index in [0.29, 0.717) is 31.5 Å². The van der Waals surface area contributed by atoms with Crippen molar-refractivity contribution < 1.29 is 12.8 Å². The van der Waals surface area contributed by atoms with Gasteiger partial charge in [0, 0.05) is 32.1 Å². The summed E-state index contributed by atoms with van der Waals surface area (Å²) in [5.74, 6) is 1.58. The number of aryl methyl sites for hydroxylation is 1. The standard InChI is InChI=1S/C17H22FN5O2S/c1-12-8-14(18)10-15(9-12)26(24,25)22-5-2-13(3-6-22)17-21-20-16-11-19-4-7-23(16)17/h8-10,13,19H,2-7,11H2,1H3. The Kier molecular flexibility index (Phi) is 4.54. The van der Waals surface area contributed by atoms with Gasteiger partial charge in [-0.3, -0.25) is 0 Å². The highest BCUT2D eigenvalue weighted by molar-refractivity contribution is 7.89. The van der Waals surface area contributed by atoms with Crippen molar-refractivity contribution in [2.45, 2.75) is 43.7 Å². The van der Waals surface area contributed by atoms with Crippen molar-refractivity contribution in [3.63, 3.8) is 0 Å². The molecule has 2 aliphatic heterocycles. The lowest BCUT2D eigenvalue weighted by Crippen LogP contribution is -2.39. The van der Waals surface area contributed by atoms with Crippen LogP contribution in [0, 0.1) is 12.7 Å². The topological polar surface area (TPSA) is 80.1 Å². The van der Waals surface area contributed by atoms with Crippen LogP contribution >= 0.6 is 0 Å². The molecule has 1 aromatic carbocycles. The van der Waals surface area contributed by atoms with Gasteiger partial charge in [0.15, 0.2) is 0 Å². The smallest absolute Gasteiger partial charge is 0.243 e. The second-order valence-electron chi connectivity index (χ2n) is 6.95. The normalized spacial score (nSPS) is 19.5. The molecule has 1 fully saturated rings. The fourth-order valence-corrected chi connectivity index (χ4v) is 5.36. The van der Waals surface area contributed by atoms with Crippen molar-refractivity contribution in [3.05, 3.63) is 41.2 Å². The molecular formula is C17H22FN5O2S. The van der Waals surface area contributed by atoms with E-state index in [1.54, 1.807) is 6.92 Å². The highest BCUT2D eigenvalue weighted by atomic mass is 32.2. The molecule has 3 heterocycles. The van der Waals surface area contributed by atoms with E-state index in [2.05, 4.69) is 20.1 Å². The summed E-state index contributed by atoms with van der Waals surface area (Å²) in [7, 11) is -3.68. The Labute approximate surface area is 152 Å². The second-order valence-corrected chi connectivity index (χ2v) is 8.88. The molecule has 1 N–H and O–H groups in total. The van der Waals surface area contributed by atoms with Gasteiger partial charge in [-0.2, -0.15) is 4.31 Å². The zero-order valence-corrected chi connectivity index (χ0v) is 15.5. The first-order chi connectivity index (χ1) is 12.4. The summed E-state index contributed by atoms with van der Waals surface area (Å²) in [5, 5.41) is 11.9. The maximum absolute atomic E-state index is 13.6. The minimum Gasteiger partial charge on any atom is -0.312 e. The van der Waals surface area contributed by atoms with Gasteiger partial charge in [0.1, 0.15) is 17.5 Å². The van der Waals surface area contributed by atoms with Crippen molar-refractivity contribution in [2.24, 2.45) is 0 Å². The number of hydrogen-bond acceptors (Lipinski definition) is 5. The van der Waals surface area contributed by atoms with Crippen LogP contribution in [0.2, 0.25) is 0 Å². The fraction of sp³-hybridized carbons (Fsp3) is 0.529. The molecule has 0 amide bonds. The van der Waals surface area contributed by atoms with E-state index in [-0.39, 0.29) is 10.8 Å². The molecule has 0 radical (unpaired) electrons. The van der Waals surface area contributed by atoms with Gasteiger partial charge in [0.25, 0.3) is 0 Å². The van der Waals surface area contributed by atoms with E-state index >= 15 is 0 Å². The molecule has 2 aromatic rings. The number of aromatic nitrogens is 3. The maximum atomic E-state index is 13.6. The summed E-state index contributed by atoms with van der Waals surface area (Å²) in [4.78, 5) is 0.0272. The molecule has 140 valence electrons. The summed E-state index contributed by atoms with van der Waals surface area (Å²) in [6.07, 6.45) is 1.39. The van der Waals surface area contributed by atoms with Crippen LogP contribution in [-0.4, -0.2) is 47.1 Å². The lowest BCUT2D eigenvalue weighted by atomic mass is 9.97. The number of sulfonamides is 1. The zero-order chi connectivity index (χ0) is 18.3. The van der Waals surface area contributed by atoms with Crippen LogP contribution in [0.25, 0.3) is 0 Å². The van der Waals surface area contributed by atoms with Crippen molar-refractivity contribution in [1.29, 1.82) is 0 Å². The number of nitrogens with zero attached hydrogens (tertiary/aromatic N) is 4. The maximum Gasteiger partial charge on any atom is 0.243 e. The third-order valence-corrected chi connectivity index (χ3v) is 7.00. The van der Waals surface area contributed by atoms with Crippen LogP contribution in [-0.2, 0) is 23.1 Å². The van der Waals surface area contributed by atoms with E-state index in [9.17, 15) is 12.8 Å². The average Bonchev–Trinajstić information content (AvgIpc) is 3.05. The van der Waals surface area contributed by atoms with Crippen LogP contribution in [0.5, 0.6) is 0 Å². The number of piperidine rings is 1. The van der Waals surface area contributed by atoms with Gasteiger partial charge in [-0.1, -0.05) is 0 Å². The molecule has 0 spiro atoms. The number of benzene rings is 1. The van der Waals surface area contributed by atoms with E-state index < -0.39 is 15.8 Å². The zero-order valence-electron chi connectivity index (χ0n) is 14.7. The summed E-state index contributed by atoms with van der Waals surface area (Å²) < 4.78 is 42.9. The number of rotatable bonds is 3. The van der Waals surface area contributed by atoms with Crippen LogP contribution in [0.4, 0.5) is 4.39 Å². The highest BCUT2D eigenvalue weighted by Crippen LogP contribution is 2.31. The molecule has 1 saturated heterocycles. The first-order valence-corrected chi connectivity index (χ1v) is 10.3. The Balaban J connectivity index is 1.50. The SMILES string of the molecule is Cc1cc(F)cc(S(=O)(=O)N2CCC(c3nnc4n3CCNC4)CC2)c1. The van der Waals surface area contributed by atoms with E-state index in [1.165, 1.54) is 16.4 Å². The first kappa shape index (κ1) is 17.6. The molecule has 0 unspecified atom stereocenters. The van der Waals surface area contributed by atoms with Crippen LogP contribution in [0.1, 0.15) is 36.0 Å². The monoisotopic (exact) mass is 379 g/mol. The molecule has 26 heavy (non-hydrogen) atoms. The molecule has 0 aliphatic carbocycles. The highest BCUT2D eigenvalue weighted by Gasteiger charge is 2.33. The number of hydrogen-bond donors (Lipinski definition) is 1. The number of nitrogens with one attached hydrogen (secondary N) is 1. The van der Waals surface area contributed by atoms with E-state index in [0.717, 1.165) is 37.3 Å². The molecule has 9 heteroatoms. The Bertz CT molecular complexity index is 899. The largest absolute Gasteiger partial charge is 0.312 e. The molecule has 0 bridgehead atoms. The predicted molar refractivity (Wildman–Crippen MR) is 93.6 cm³/mol. The third kappa shape index (κ3) is 3.15. The lowest BCUT2D eigenvalue weighted by molar-refractivity contribution is 0.307. The quantitative estimate of drug-likeness (QED) is 0.872. The molecule has 0 atom stereocenters. The van der Waals surface area contributed by atoms with Crippen LogP contribution in [0.3, 0.4) is 0 Å². The molecular weight excluding hydrogens is 357 g/mol. The molecule has 2 aliphatic rings. The fourth-order valence-electron chi connectivity index (χ4n) is 3.77. The Morgan fingerprint density at radius 3 is 2.65 bits per heavy atom. The molecule has 0 saturated carbocycles. The van der Waals surface area contributed by atoms with Gasteiger partial charge in [-0.15, -0.1) is 10.2 Å². The second kappa shape index (κ2) is 6.71. The van der Waals surface area contributed by atoms with Crippen molar-refractivity contribution in [1.82, 2.24) is 24.4 Å². The third-order valence-electron chi connectivity index (χ3n) is 5.12. The van der Waals surface area contributed by atoms with Gasteiger partial charge in [-0.05, 0) is 43.5 Å². The number of halogens is 1. The molecule has 7 nitrogen and oxygen atoms in total. The van der Waals surface area contributed by atoms with Gasteiger partial charge in [0.05, 0.1) is 11.4 Å². The van der Waals surface area contributed by atoms with E-state index in [4.69, 9.17) is 0 Å². The summed E-state index contributed by atoms with van der Waals surface area (Å²) in [6.45, 7) is 4.96. The summed E-state index contributed by atoms with van der Waals surface area (Å²) in [5.41, 5.74) is 0.599. The molecule has 1 aromatic heterocycles. The number of fused-ring (bicyclic) bond motifs is 1. The Morgan fingerprint density at radius 1 is 1.15 bits per heavy atom. The Morgan fingerprint density at radius 2 is 1.92 bits per heavy atom. The minimum absolute atomic E-state index is 0.0272. The van der Waals surface area contributed by atoms with Crippen molar-refractivity contribution >= 4 is 10.0 Å². The van der Waals surface area contributed by atoms with Gasteiger partial charge >= 0.3 is 0 Å². The van der Waals surface area contributed by atoms with Gasteiger partial charge in [0.2, 0.25) is 10.0 Å². The summed E-state index contributed by atoms with van der Waals surface area (Å²) in [6, 6.07) is 3.94. The van der Waals surface area contributed by atoms with Crippen LogP contribution in [0.15, 0.2) is 23.1 Å². The Hall–Kier alpha value is -1.84. The summed E-state index contributed by atoms with van der Waals surface area (Å²) >= 11 is 0. The van der Waals surface area contributed by atoms with Crippen molar-refractivity contribution in [3.8, 4) is 0 Å². The van der Waals surface area contributed by atoms with Crippen molar-refractivity contribution in [2.75, 3.05) is 19.6 Å². The van der Waals surface area contributed by atoms with Gasteiger partial charge in [-0.25, -0.2) is 12.8 Å². The van der Waals surface area contributed by atoms with Gasteiger partial charge < -0.3 is 9.88 Å². The lowest BCUT2D eigenvalue weighted by Gasteiger charge is -2.31. The predicted octanol–water partition coefficient (Wildman–Crippen LogP) is 1.40. The minimum atomic E-state index is -3.68. The van der Waals surface area contributed by atoms with E-state index in [1.807, 2.05) is 0 Å².